The molecule has 0 aliphatic heterocycles. The van der Waals surface area contributed by atoms with Crippen molar-refractivity contribution in [3.8, 4) is 17.6 Å². The van der Waals surface area contributed by atoms with Crippen molar-refractivity contribution in [2.75, 3.05) is 7.11 Å². The van der Waals surface area contributed by atoms with Crippen LogP contribution in [0.25, 0.3) is 0 Å². The molecule has 4 heteroatoms. The fourth-order valence-corrected chi connectivity index (χ4v) is 1.90. The zero-order chi connectivity index (χ0) is 12.3. The topological polar surface area (TPSA) is 59.3 Å². The Morgan fingerprint density at radius 1 is 1.35 bits per heavy atom. The van der Waals surface area contributed by atoms with Crippen molar-refractivity contribution >= 4 is 5.78 Å². The SMILES string of the molecule is COc1cc(C#N)cc(OC2CCC(=O)C2)c1. The number of hydrogen-bond donors (Lipinski definition) is 0. The lowest BCUT2D eigenvalue weighted by atomic mass is 10.2. The molecule has 1 unspecified atom stereocenters. The predicted molar refractivity (Wildman–Crippen MR) is 61.0 cm³/mol. The lowest BCUT2D eigenvalue weighted by Crippen LogP contribution is -2.12. The molecule has 0 saturated heterocycles. The number of carbonyl (C=O) groups is 1. The van der Waals surface area contributed by atoms with Crippen molar-refractivity contribution in [3.63, 3.8) is 0 Å². The molecular formula is C13H13NO3. The van der Waals surface area contributed by atoms with Gasteiger partial charge in [-0.05, 0) is 18.6 Å². The molecule has 4 nitrogen and oxygen atoms in total. The van der Waals surface area contributed by atoms with Crippen LogP contribution in [-0.2, 0) is 4.79 Å². The second-order valence-corrected chi connectivity index (χ2v) is 4.03. The third-order valence-corrected chi connectivity index (χ3v) is 2.75. The summed E-state index contributed by atoms with van der Waals surface area (Å²) in [5, 5.41) is 8.87. The molecule has 1 atom stereocenters. The van der Waals surface area contributed by atoms with Gasteiger partial charge in [0.05, 0.1) is 18.7 Å². The molecule has 0 aromatic heterocycles. The highest BCUT2D eigenvalue weighted by atomic mass is 16.5. The number of hydrogen-bond acceptors (Lipinski definition) is 4. The molecule has 1 aromatic rings. The third kappa shape index (κ3) is 2.76. The van der Waals surface area contributed by atoms with Gasteiger partial charge in [0.2, 0.25) is 0 Å². The minimum Gasteiger partial charge on any atom is -0.497 e. The number of rotatable bonds is 3. The minimum atomic E-state index is -0.0684. The van der Waals surface area contributed by atoms with Gasteiger partial charge in [0.1, 0.15) is 23.4 Å². The van der Waals surface area contributed by atoms with Crippen LogP contribution >= 0.6 is 0 Å². The first-order valence-corrected chi connectivity index (χ1v) is 5.49. The van der Waals surface area contributed by atoms with Crippen molar-refractivity contribution in [1.29, 1.82) is 5.26 Å². The van der Waals surface area contributed by atoms with Gasteiger partial charge in [-0.1, -0.05) is 0 Å². The average Bonchev–Trinajstić information content (AvgIpc) is 2.74. The molecule has 1 aliphatic rings. The van der Waals surface area contributed by atoms with Gasteiger partial charge >= 0.3 is 0 Å². The summed E-state index contributed by atoms with van der Waals surface area (Å²) in [5.41, 5.74) is 0.490. The molecule has 0 heterocycles. The summed E-state index contributed by atoms with van der Waals surface area (Å²) in [6.45, 7) is 0. The molecule has 1 saturated carbocycles. The Morgan fingerprint density at radius 2 is 2.12 bits per heavy atom. The van der Waals surface area contributed by atoms with E-state index in [1.54, 1.807) is 25.3 Å². The van der Waals surface area contributed by atoms with Crippen LogP contribution in [0.15, 0.2) is 18.2 Å². The van der Waals surface area contributed by atoms with Gasteiger partial charge in [0.15, 0.2) is 0 Å². The monoisotopic (exact) mass is 231 g/mol. The number of Topliss-reactive ketones (excluding diaryl/α,β-unsaturated/α-hetero) is 1. The summed E-state index contributed by atoms with van der Waals surface area (Å²) in [7, 11) is 1.54. The second-order valence-electron chi connectivity index (χ2n) is 4.03. The van der Waals surface area contributed by atoms with E-state index < -0.39 is 0 Å². The van der Waals surface area contributed by atoms with E-state index in [0.717, 1.165) is 6.42 Å². The minimum absolute atomic E-state index is 0.0684. The van der Waals surface area contributed by atoms with Crippen LogP contribution < -0.4 is 9.47 Å². The Hall–Kier alpha value is -2.02. The Bertz CT molecular complexity index is 476. The first-order chi connectivity index (χ1) is 8.21. The molecule has 1 fully saturated rings. The van der Waals surface area contributed by atoms with E-state index in [0.29, 0.717) is 29.9 Å². The first kappa shape index (κ1) is 11.5. The van der Waals surface area contributed by atoms with E-state index in [4.69, 9.17) is 14.7 Å². The smallest absolute Gasteiger partial charge is 0.136 e. The number of ketones is 1. The second kappa shape index (κ2) is 4.88. The number of ether oxygens (including phenoxy) is 2. The number of carbonyl (C=O) groups excluding carboxylic acids is 1. The molecular weight excluding hydrogens is 218 g/mol. The number of nitriles is 1. The van der Waals surface area contributed by atoms with Crippen LogP contribution in [-0.4, -0.2) is 19.0 Å². The molecule has 0 N–H and O–H groups in total. The highest BCUT2D eigenvalue weighted by Gasteiger charge is 2.23. The Morgan fingerprint density at radius 3 is 2.71 bits per heavy atom. The quantitative estimate of drug-likeness (QED) is 0.799. The van der Waals surface area contributed by atoms with Crippen LogP contribution in [0, 0.1) is 11.3 Å². The summed E-state index contributed by atoms with van der Waals surface area (Å²) in [6, 6.07) is 7.08. The largest absolute Gasteiger partial charge is 0.497 e. The lowest BCUT2D eigenvalue weighted by molar-refractivity contribution is -0.117. The molecule has 88 valence electrons. The van der Waals surface area contributed by atoms with Crippen molar-refractivity contribution in [3.05, 3.63) is 23.8 Å². The van der Waals surface area contributed by atoms with Crippen molar-refractivity contribution in [1.82, 2.24) is 0 Å². The van der Waals surface area contributed by atoms with E-state index in [1.807, 2.05) is 6.07 Å². The molecule has 0 radical (unpaired) electrons. The molecule has 0 spiro atoms. The summed E-state index contributed by atoms with van der Waals surface area (Å²) in [5.74, 6) is 1.40. The fraction of sp³-hybridized carbons (Fsp3) is 0.385. The maximum absolute atomic E-state index is 11.1. The summed E-state index contributed by atoms with van der Waals surface area (Å²) >= 11 is 0. The van der Waals surface area contributed by atoms with E-state index in [1.165, 1.54) is 0 Å². The molecule has 0 amide bonds. The zero-order valence-electron chi connectivity index (χ0n) is 9.60. The number of methoxy groups -OCH3 is 1. The summed E-state index contributed by atoms with van der Waals surface area (Å²) in [6.07, 6.45) is 1.72. The highest BCUT2D eigenvalue weighted by Crippen LogP contribution is 2.26. The van der Waals surface area contributed by atoms with Crippen molar-refractivity contribution in [2.45, 2.75) is 25.4 Å². The summed E-state index contributed by atoms with van der Waals surface area (Å²) in [4.78, 5) is 11.1. The first-order valence-electron chi connectivity index (χ1n) is 5.49. The Labute approximate surface area is 99.8 Å². The van der Waals surface area contributed by atoms with Gasteiger partial charge < -0.3 is 9.47 Å². The van der Waals surface area contributed by atoms with Gasteiger partial charge in [-0.2, -0.15) is 5.26 Å². The number of nitrogens with zero attached hydrogens (tertiary/aromatic N) is 1. The van der Waals surface area contributed by atoms with Gasteiger partial charge in [-0.3, -0.25) is 4.79 Å². The van der Waals surface area contributed by atoms with Gasteiger partial charge in [-0.25, -0.2) is 0 Å². The van der Waals surface area contributed by atoms with Crippen LogP contribution in [0.1, 0.15) is 24.8 Å². The predicted octanol–water partition coefficient (Wildman–Crippen LogP) is 2.07. The standard InChI is InChI=1S/C13H13NO3/c1-16-12-4-9(8-14)5-13(7-12)17-11-3-2-10(15)6-11/h4-5,7,11H,2-3,6H2,1H3. The molecule has 1 aliphatic carbocycles. The Balaban J connectivity index is 2.15. The van der Waals surface area contributed by atoms with E-state index >= 15 is 0 Å². The van der Waals surface area contributed by atoms with E-state index in [9.17, 15) is 4.79 Å². The van der Waals surface area contributed by atoms with E-state index in [-0.39, 0.29) is 11.9 Å². The molecule has 2 rings (SSSR count). The zero-order valence-corrected chi connectivity index (χ0v) is 9.60. The van der Waals surface area contributed by atoms with Crippen LogP contribution in [0.4, 0.5) is 0 Å². The Kier molecular flexibility index (Phi) is 3.29. The molecule has 17 heavy (non-hydrogen) atoms. The van der Waals surface area contributed by atoms with Crippen molar-refractivity contribution in [2.24, 2.45) is 0 Å². The maximum Gasteiger partial charge on any atom is 0.136 e. The third-order valence-electron chi connectivity index (χ3n) is 2.75. The lowest BCUT2D eigenvalue weighted by Gasteiger charge is -2.13. The van der Waals surface area contributed by atoms with Crippen LogP contribution in [0.5, 0.6) is 11.5 Å². The molecule has 0 bridgehead atoms. The summed E-state index contributed by atoms with van der Waals surface area (Å²) < 4.78 is 10.8. The van der Waals surface area contributed by atoms with Gasteiger partial charge in [0.25, 0.3) is 0 Å². The fourth-order valence-electron chi connectivity index (χ4n) is 1.90. The van der Waals surface area contributed by atoms with Gasteiger partial charge in [-0.15, -0.1) is 0 Å². The van der Waals surface area contributed by atoms with Gasteiger partial charge in [0, 0.05) is 18.9 Å². The average molecular weight is 231 g/mol. The van der Waals surface area contributed by atoms with Crippen molar-refractivity contribution < 1.29 is 14.3 Å². The normalized spacial score (nSPS) is 18.8. The van der Waals surface area contributed by atoms with Crippen LogP contribution in [0.2, 0.25) is 0 Å². The van der Waals surface area contributed by atoms with E-state index in [2.05, 4.69) is 0 Å². The number of benzene rings is 1. The maximum atomic E-state index is 11.1. The van der Waals surface area contributed by atoms with Crippen LogP contribution in [0.3, 0.4) is 0 Å². The highest BCUT2D eigenvalue weighted by molar-refractivity contribution is 5.81. The molecule has 1 aromatic carbocycles.